The Morgan fingerprint density at radius 2 is 1.94 bits per heavy atom. The van der Waals surface area contributed by atoms with Gasteiger partial charge in [-0.15, -0.1) is 0 Å². The molecule has 7 heteroatoms. The maximum Gasteiger partial charge on any atom is 0.167 e. The highest BCUT2D eigenvalue weighted by Gasteiger charge is 2.11. The van der Waals surface area contributed by atoms with Crippen molar-refractivity contribution in [3.05, 3.63) is 24.5 Å². The van der Waals surface area contributed by atoms with Gasteiger partial charge in [-0.3, -0.25) is 4.98 Å². The third-order valence-electron chi connectivity index (χ3n) is 2.48. The normalized spacial score (nSPS) is 10.9. The van der Waals surface area contributed by atoms with Crippen molar-refractivity contribution in [3.8, 4) is 11.4 Å². The molecular formula is C11H10N6S. The number of nitrogens with one attached hydrogen (secondary N) is 1. The summed E-state index contributed by atoms with van der Waals surface area (Å²) in [5, 5.41) is 0.776. The molecule has 0 fully saturated rings. The number of imidazole rings is 1. The molecule has 0 saturated carbocycles. The zero-order chi connectivity index (χ0) is 12.5. The van der Waals surface area contributed by atoms with Crippen molar-refractivity contribution >= 4 is 28.7 Å². The molecule has 0 radical (unpaired) electrons. The Kier molecular flexibility index (Phi) is 2.60. The van der Waals surface area contributed by atoms with Gasteiger partial charge in [0.1, 0.15) is 0 Å². The second-order valence-electron chi connectivity index (χ2n) is 3.61. The minimum atomic E-state index is 0.378. The smallest absolute Gasteiger partial charge is 0.167 e. The summed E-state index contributed by atoms with van der Waals surface area (Å²) in [6.07, 6.45) is 5.32. The van der Waals surface area contributed by atoms with Gasteiger partial charge in [-0.2, -0.15) is 0 Å². The van der Waals surface area contributed by atoms with Crippen molar-refractivity contribution in [2.24, 2.45) is 0 Å². The zero-order valence-electron chi connectivity index (χ0n) is 9.58. The second-order valence-corrected chi connectivity index (χ2v) is 4.41. The van der Waals surface area contributed by atoms with Crippen LogP contribution in [-0.2, 0) is 0 Å². The molecule has 0 atom stereocenters. The van der Waals surface area contributed by atoms with Crippen molar-refractivity contribution in [2.75, 3.05) is 12.0 Å². The second kappa shape index (κ2) is 4.26. The summed E-state index contributed by atoms with van der Waals surface area (Å²) >= 11 is 1.50. The average Bonchev–Trinajstić information content (AvgIpc) is 2.83. The van der Waals surface area contributed by atoms with Crippen LogP contribution in [-0.4, -0.2) is 31.2 Å². The molecule has 3 rings (SSSR count). The molecule has 0 amide bonds. The van der Waals surface area contributed by atoms with Gasteiger partial charge in [-0.25, -0.2) is 15.0 Å². The van der Waals surface area contributed by atoms with Crippen LogP contribution in [0.3, 0.4) is 0 Å². The lowest BCUT2D eigenvalue weighted by atomic mass is 10.2. The molecule has 3 heterocycles. The predicted molar refractivity (Wildman–Crippen MR) is 71.1 cm³/mol. The highest BCUT2D eigenvalue weighted by atomic mass is 32.2. The van der Waals surface area contributed by atoms with Gasteiger partial charge in [0.15, 0.2) is 28.0 Å². The van der Waals surface area contributed by atoms with E-state index in [1.807, 2.05) is 18.4 Å². The van der Waals surface area contributed by atoms with Crippen molar-refractivity contribution in [3.63, 3.8) is 0 Å². The van der Waals surface area contributed by atoms with E-state index in [0.717, 1.165) is 10.7 Å². The fourth-order valence-corrected chi connectivity index (χ4v) is 2.01. The van der Waals surface area contributed by atoms with Gasteiger partial charge in [-0.05, 0) is 18.4 Å². The molecule has 3 aromatic heterocycles. The minimum absolute atomic E-state index is 0.378. The molecule has 0 aliphatic carbocycles. The summed E-state index contributed by atoms with van der Waals surface area (Å²) < 4.78 is 0. The first kappa shape index (κ1) is 11.0. The number of hydrogen-bond acceptors (Lipinski definition) is 6. The molecular weight excluding hydrogens is 248 g/mol. The summed E-state index contributed by atoms with van der Waals surface area (Å²) in [6.45, 7) is 0. The molecule has 0 aliphatic heterocycles. The van der Waals surface area contributed by atoms with E-state index in [9.17, 15) is 0 Å². The Hall–Kier alpha value is -2.15. The van der Waals surface area contributed by atoms with E-state index in [1.54, 1.807) is 12.4 Å². The molecule has 3 N–H and O–H groups in total. The SMILES string of the molecule is CSc1nc2c(N)nc(-c3ccncc3)nc2[nH]1. The highest BCUT2D eigenvalue weighted by molar-refractivity contribution is 7.98. The highest BCUT2D eigenvalue weighted by Crippen LogP contribution is 2.23. The number of nitrogens with zero attached hydrogens (tertiary/aromatic N) is 4. The number of nitrogen functional groups attached to an aromatic ring is 1. The molecule has 0 aliphatic rings. The minimum Gasteiger partial charge on any atom is -0.382 e. The number of aromatic amines is 1. The lowest BCUT2D eigenvalue weighted by molar-refractivity contribution is 1.08. The lowest BCUT2D eigenvalue weighted by Gasteiger charge is -2.00. The number of aromatic nitrogens is 5. The van der Waals surface area contributed by atoms with E-state index in [-0.39, 0.29) is 0 Å². The molecule has 0 spiro atoms. The Morgan fingerprint density at radius 1 is 1.17 bits per heavy atom. The quantitative estimate of drug-likeness (QED) is 0.680. The van der Waals surface area contributed by atoms with Gasteiger partial charge in [-0.1, -0.05) is 11.8 Å². The topological polar surface area (TPSA) is 93.4 Å². The number of anilines is 1. The molecule has 0 bridgehead atoms. The van der Waals surface area contributed by atoms with E-state index in [2.05, 4.69) is 24.9 Å². The van der Waals surface area contributed by atoms with Crippen molar-refractivity contribution in [1.29, 1.82) is 0 Å². The number of thioether (sulfide) groups is 1. The molecule has 6 nitrogen and oxygen atoms in total. The first-order valence-electron chi connectivity index (χ1n) is 5.25. The van der Waals surface area contributed by atoms with Gasteiger partial charge < -0.3 is 10.7 Å². The van der Waals surface area contributed by atoms with Crippen molar-refractivity contribution in [1.82, 2.24) is 24.9 Å². The van der Waals surface area contributed by atoms with Gasteiger partial charge in [0, 0.05) is 18.0 Å². The van der Waals surface area contributed by atoms with Crippen LogP contribution in [0.4, 0.5) is 5.82 Å². The van der Waals surface area contributed by atoms with Gasteiger partial charge in [0.25, 0.3) is 0 Å². The number of fused-ring (bicyclic) bond motifs is 1. The average molecular weight is 258 g/mol. The summed E-state index contributed by atoms with van der Waals surface area (Å²) in [6, 6.07) is 3.68. The third kappa shape index (κ3) is 1.78. The predicted octanol–water partition coefficient (Wildman–Crippen LogP) is 1.72. The number of nitrogens with two attached hydrogens (primary N) is 1. The Morgan fingerprint density at radius 3 is 2.67 bits per heavy atom. The fourth-order valence-electron chi connectivity index (χ4n) is 1.63. The standard InChI is InChI=1S/C11H10N6S/c1-18-11-14-7-8(12)15-9(16-10(7)17-11)6-2-4-13-5-3-6/h2-5H,1H3,(H3,12,14,15,16,17). The van der Waals surface area contributed by atoms with Crippen molar-refractivity contribution < 1.29 is 0 Å². The first-order chi connectivity index (χ1) is 8.78. The summed E-state index contributed by atoms with van der Waals surface area (Å²) in [7, 11) is 0. The third-order valence-corrected chi connectivity index (χ3v) is 3.06. The summed E-state index contributed by atoms with van der Waals surface area (Å²) in [5.41, 5.74) is 8.04. The first-order valence-corrected chi connectivity index (χ1v) is 6.48. The Balaban J connectivity index is 2.21. The maximum absolute atomic E-state index is 5.90. The molecule has 90 valence electrons. The molecule has 0 saturated heterocycles. The van der Waals surface area contributed by atoms with Gasteiger partial charge in [0.2, 0.25) is 0 Å². The van der Waals surface area contributed by atoms with Gasteiger partial charge >= 0.3 is 0 Å². The van der Waals surface area contributed by atoms with E-state index < -0.39 is 0 Å². The fraction of sp³-hybridized carbons (Fsp3) is 0.0909. The van der Waals surface area contributed by atoms with Crippen LogP contribution >= 0.6 is 11.8 Å². The molecule has 0 aromatic carbocycles. The summed E-state index contributed by atoms with van der Waals surface area (Å²) in [4.78, 5) is 20.1. The monoisotopic (exact) mass is 258 g/mol. The Labute approximate surface area is 107 Å². The number of hydrogen-bond donors (Lipinski definition) is 2. The van der Waals surface area contributed by atoms with Gasteiger partial charge in [0.05, 0.1) is 0 Å². The van der Waals surface area contributed by atoms with E-state index in [4.69, 9.17) is 5.73 Å². The summed E-state index contributed by atoms with van der Waals surface area (Å²) in [5.74, 6) is 0.946. The van der Waals surface area contributed by atoms with Crippen LogP contribution < -0.4 is 5.73 Å². The number of H-pyrrole nitrogens is 1. The number of rotatable bonds is 2. The lowest BCUT2D eigenvalue weighted by Crippen LogP contribution is -1.97. The molecule has 18 heavy (non-hydrogen) atoms. The number of pyridine rings is 1. The molecule has 0 unspecified atom stereocenters. The largest absolute Gasteiger partial charge is 0.382 e. The van der Waals surface area contributed by atoms with E-state index in [1.165, 1.54) is 11.8 Å². The molecule has 3 aromatic rings. The van der Waals surface area contributed by atoms with Crippen LogP contribution in [0.2, 0.25) is 0 Å². The van der Waals surface area contributed by atoms with Crippen LogP contribution in [0.15, 0.2) is 29.7 Å². The van der Waals surface area contributed by atoms with Crippen LogP contribution in [0.5, 0.6) is 0 Å². The van der Waals surface area contributed by atoms with Crippen LogP contribution in [0.1, 0.15) is 0 Å². The van der Waals surface area contributed by atoms with E-state index in [0.29, 0.717) is 22.8 Å². The maximum atomic E-state index is 5.90. The van der Waals surface area contributed by atoms with E-state index >= 15 is 0 Å². The van der Waals surface area contributed by atoms with Crippen molar-refractivity contribution in [2.45, 2.75) is 5.16 Å². The zero-order valence-corrected chi connectivity index (χ0v) is 10.4. The van der Waals surface area contributed by atoms with Crippen LogP contribution in [0, 0.1) is 0 Å². The Bertz CT molecular complexity index is 693. The van der Waals surface area contributed by atoms with Crippen LogP contribution in [0.25, 0.3) is 22.6 Å².